The van der Waals surface area contributed by atoms with Gasteiger partial charge in [0.15, 0.2) is 0 Å². The van der Waals surface area contributed by atoms with E-state index in [1.165, 1.54) is 7.11 Å². The molecule has 0 amide bonds. The van der Waals surface area contributed by atoms with Crippen molar-refractivity contribution in [3.05, 3.63) is 29.8 Å². The number of methoxy groups -OCH3 is 1. The van der Waals surface area contributed by atoms with Crippen LogP contribution in [0.15, 0.2) is 24.3 Å². The van der Waals surface area contributed by atoms with E-state index >= 15 is 0 Å². The van der Waals surface area contributed by atoms with Crippen molar-refractivity contribution in [2.75, 3.05) is 13.7 Å². The van der Waals surface area contributed by atoms with E-state index in [4.69, 9.17) is 4.74 Å². The van der Waals surface area contributed by atoms with Crippen molar-refractivity contribution in [2.45, 2.75) is 32.6 Å². The monoisotopic (exact) mass is 264 g/mol. The summed E-state index contributed by atoms with van der Waals surface area (Å²) in [6.45, 7) is 2.75. The van der Waals surface area contributed by atoms with Crippen LogP contribution in [0.25, 0.3) is 0 Å². The second kappa shape index (κ2) is 8.29. The SMILES string of the molecule is CCCCCOc1ccccc1CC(=O)C(=O)OC. The number of benzene rings is 1. The molecule has 1 aromatic rings. The summed E-state index contributed by atoms with van der Waals surface area (Å²) in [5.41, 5.74) is 0.717. The maximum absolute atomic E-state index is 11.5. The number of hydrogen-bond donors (Lipinski definition) is 0. The molecule has 0 N–H and O–H groups in total. The van der Waals surface area contributed by atoms with Crippen LogP contribution in [0.4, 0.5) is 0 Å². The number of ketones is 1. The Morgan fingerprint density at radius 1 is 1.16 bits per heavy atom. The molecule has 0 spiro atoms. The third-order valence-corrected chi connectivity index (χ3v) is 2.74. The van der Waals surface area contributed by atoms with Gasteiger partial charge in [0.2, 0.25) is 5.78 Å². The molecule has 0 aliphatic rings. The largest absolute Gasteiger partial charge is 0.493 e. The maximum atomic E-state index is 11.5. The van der Waals surface area contributed by atoms with Gasteiger partial charge in [-0.25, -0.2) is 4.79 Å². The molecule has 4 nitrogen and oxygen atoms in total. The molecule has 0 radical (unpaired) electrons. The Bertz CT molecular complexity index is 426. The van der Waals surface area contributed by atoms with Gasteiger partial charge in [-0.15, -0.1) is 0 Å². The van der Waals surface area contributed by atoms with Crippen LogP contribution in [0.1, 0.15) is 31.7 Å². The van der Waals surface area contributed by atoms with Gasteiger partial charge in [-0.05, 0) is 12.5 Å². The average molecular weight is 264 g/mol. The summed E-state index contributed by atoms with van der Waals surface area (Å²) in [4.78, 5) is 22.7. The molecular formula is C15H20O4. The Balaban J connectivity index is 2.62. The zero-order valence-corrected chi connectivity index (χ0v) is 11.5. The number of esters is 1. The van der Waals surface area contributed by atoms with Gasteiger partial charge in [0, 0.05) is 12.0 Å². The third-order valence-electron chi connectivity index (χ3n) is 2.74. The fraction of sp³-hybridized carbons (Fsp3) is 0.467. The van der Waals surface area contributed by atoms with Crippen molar-refractivity contribution in [3.8, 4) is 5.75 Å². The summed E-state index contributed by atoms with van der Waals surface area (Å²) in [5.74, 6) is -0.719. The van der Waals surface area contributed by atoms with Crippen molar-refractivity contribution >= 4 is 11.8 Å². The highest BCUT2D eigenvalue weighted by Gasteiger charge is 2.16. The number of ether oxygens (including phenoxy) is 2. The van der Waals surface area contributed by atoms with Gasteiger partial charge in [-0.2, -0.15) is 0 Å². The first kappa shape index (κ1) is 15.2. The van der Waals surface area contributed by atoms with Crippen LogP contribution in [0.3, 0.4) is 0 Å². The van der Waals surface area contributed by atoms with Crippen LogP contribution in [0.5, 0.6) is 5.75 Å². The Morgan fingerprint density at radius 3 is 2.58 bits per heavy atom. The molecule has 0 saturated carbocycles. The van der Waals surface area contributed by atoms with Gasteiger partial charge in [0.1, 0.15) is 5.75 Å². The molecule has 104 valence electrons. The Labute approximate surface area is 113 Å². The first-order valence-corrected chi connectivity index (χ1v) is 6.50. The third kappa shape index (κ3) is 5.12. The molecule has 0 bridgehead atoms. The minimum atomic E-state index is -0.819. The van der Waals surface area contributed by atoms with E-state index in [9.17, 15) is 9.59 Å². The van der Waals surface area contributed by atoms with E-state index in [-0.39, 0.29) is 6.42 Å². The fourth-order valence-corrected chi connectivity index (χ4v) is 1.68. The number of para-hydroxylation sites is 1. The second-order valence-electron chi connectivity index (χ2n) is 4.25. The molecule has 0 aliphatic heterocycles. The summed E-state index contributed by atoms with van der Waals surface area (Å²) in [6, 6.07) is 7.27. The van der Waals surface area contributed by atoms with E-state index in [0.29, 0.717) is 12.4 Å². The van der Waals surface area contributed by atoms with Crippen LogP contribution < -0.4 is 4.74 Å². The number of unbranched alkanes of at least 4 members (excludes halogenated alkanes) is 2. The lowest BCUT2D eigenvalue weighted by molar-refractivity contribution is -0.151. The molecule has 0 aromatic heterocycles. The van der Waals surface area contributed by atoms with E-state index < -0.39 is 11.8 Å². The van der Waals surface area contributed by atoms with E-state index in [2.05, 4.69) is 11.7 Å². The second-order valence-corrected chi connectivity index (χ2v) is 4.25. The minimum absolute atomic E-state index is 0.0105. The van der Waals surface area contributed by atoms with Crippen LogP contribution in [0.2, 0.25) is 0 Å². The predicted octanol–water partition coefficient (Wildman–Crippen LogP) is 2.54. The molecule has 0 unspecified atom stereocenters. The highest BCUT2D eigenvalue weighted by atomic mass is 16.5. The highest BCUT2D eigenvalue weighted by molar-refractivity contribution is 6.34. The van der Waals surface area contributed by atoms with Crippen LogP contribution in [-0.4, -0.2) is 25.5 Å². The van der Waals surface area contributed by atoms with Crippen LogP contribution in [-0.2, 0) is 20.7 Å². The van der Waals surface area contributed by atoms with Crippen molar-refractivity contribution in [1.29, 1.82) is 0 Å². The van der Waals surface area contributed by atoms with Gasteiger partial charge < -0.3 is 9.47 Å². The summed E-state index contributed by atoms with van der Waals surface area (Å²) in [5, 5.41) is 0. The topological polar surface area (TPSA) is 52.6 Å². The van der Waals surface area contributed by atoms with E-state index in [0.717, 1.165) is 24.8 Å². The van der Waals surface area contributed by atoms with Crippen molar-refractivity contribution in [2.24, 2.45) is 0 Å². The lowest BCUT2D eigenvalue weighted by Gasteiger charge is -2.10. The van der Waals surface area contributed by atoms with Crippen LogP contribution in [0, 0.1) is 0 Å². The lowest BCUT2D eigenvalue weighted by atomic mass is 10.1. The van der Waals surface area contributed by atoms with Gasteiger partial charge in [0.05, 0.1) is 13.7 Å². The first-order chi connectivity index (χ1) is 9.19. The van der Waals surface area contributed by atoms with Gasteiger partial charge in [-0.1, -0.05) is 38.0 Å². The zero-order valence-electron chi connectivity index (χ0n) is 11.5. The molecule has 4 heteroatoms. The van der Waals surface area contributed by atoms with Crippen molar-refractivity contribution in [3.63, 3.8) is 0 Å². The van der Waals surface area contributed by atoms with Crippen LogP contribution >= 0.6 is 0 Å². The Morgan fingerprint density at radius 2 is 1.89 bits per heavy atom. The molecule has 1 aromatic carbocycles. The number of Topliss-reactive ketones (excluding diaryl/α,β-unsaturated/α-hetero) is 1. The van der Waals surface area contributed by atoms with E-state index in [1.54, 1.807) is 6.07 Å². The minimum Gasteiger partial charge on any atom is -0.493 e. The van der Waals surface area contributed by atoms with Gasteiger partial charge in [-0.3, -0.25) is 4.79 Å². The molecule has 1 rings (SSSR count). The maximum Gasteiger partial charge on any atom is 0.374 e. The number of carbonyl (C=O) groups excluding carboxylic acids is 2. The molecule has 19 heavy (non-hydrogen) atoms. The molecule has 0 atom stereocenters. The molecular weight excluding hydrogens is 244 g/mol. The average Bonchev–Trinajstić information content (AvgIpc) is 2.44. The van der Waals surface area contributed by atoms with E-state index in [1.807, 2.05) is 18.2 Å². The normalized spacial score (nSPS) is 10.0. The van der Waals surface area contributed by atoms with Crippen molar-refractivity contribution < 1.29 is 19.1 Å². The lowest BCUT2D eigenvalue weighted by Crippen LogP contribution is -2.18. The Kier molecular flexibility index (Phi) is 6.64. The quantitative estimate of drug-likeness (QED) is 0.411. The molecule has 0 aliphatic carbocycles. The highest BCUT2D eigenvalue weighted by Crippen LogP contribution is 2.19. The summed E-state index contributed by atoms with van der Waals surface area (Å²) in [7, 11) is 1.20. The van der Waals surface area contributed by atoms with Gasteiger partial charge >= 0.3 is 5.97 Å². The summed E-state index contributed by atoms with van der Waals surface area (Å²) < 4.78 is 10.1. The first-order valence-electron chi connectivity index (χ1n) is 6.50. The molecule has 0 fully saturated rings. The molecule has 0 heterocycles. The number of rotatable bonds is 8. The summed E-state index contributed by atoms with van der Waals surface area (Å²) in [6.07, 6.45) is 3.24. The Hall–Kier alpha value is -1.84. The van der Waals surface area contributed by atoms with Gasteiger partial charge in [0.25, 0.3) is 0 Å². The zero-order chi connectivity index (χ0) is 14.1. The van der Waals surface area contributed by atoms with Crippen molar-refractivity contribution in [1.82, 2.24) is 0 Å². The predicted molar refractivity (Wildman–Crippen MR) is 72.2 cm³/mol. The fourth-order valence-electron chi connectivity index (χ4n) is 1.68. The molecule has 0 saturated heterocycles. The standard InChI is InChI=1S/C15H20O4/c1-3-4-7-10-19-14-9-6-5-8-12(14)11-13(16)15(17)18-2/h5-6,8-9H,3-4,7,10-11H2,1-2H3. The number of hydrogen-bond acceptors (Lipinski definition) is 4. The summed E-state index contributed by atoms with van der Waals surface area (Å²) >= 11 is 0. The number of carbonyl (C=O) groups is 2. The smallest absolute Gasteiger partial charge is 0.374 e.